The van der Waals surface area contributed by atoms with E-state index in [-0.39, 0.29) is 10.7 Å². The van der Waals surface area contributed by atoms with Crippen LogP contribution in [0.2, 0.25) is 5.15 Å². The van der Waals surface area contributed by atoms with Gasteiger partial charge in [-0.05, 0) is 17.2 Å². The molecule has 1 aliphatic carbocycles. The van der Waals surface area contributed by atoms with E-state index >= 15 is 0 Å². The van der Waals surface area contributed by atoms with E-state index in [1.807, 2.05) is 24.3 Å². The molecule has 0 bridgehead atoms. The predicted molar refractivity (Wildman–Crippen MR) is 80.0 cm³/mol. The number of fused-ring (bicyclic) bond motifs is 1. The lowest BCUT2D eigenvalue weighted by molar-refractivity contribution is 0.0858. The zero-order valence-electron chi connectivity index (χ0n) is 11.1. The predicted octanol–water partition coefficient (Wildman–Crippen LogP) is 1.71. The summed E-state index contributed by atoms with van der Waals surface area (Å²) in [6.07, 6.45) is 1.25. The van der Waals surface area contributed by atoms with E-state index in [2.05, 4.69) is 10.3 Å². The molecule has 0 unspecified atom stereocenters. The quantitative estimate of drug-likeness (QED) is 0.737. The van der Waals surface area contributed by atoms with Gasteiger partial charge in [-0.25, -0.2) is 4.98 Å². The number of anilines is 1. The van der Waals surface area contributed by atoms with Crippen molar-refractivity contribution in [1.82, 2.24) is 10.3 Å². The number of pyridine rings is 1. The number of hydrogen-bond acceptors (Lipinski definition) is 4. The molecule has 0 fully saturated rings. The van der Waals surface area contributed by atoms with E-state index in [1.54, 1.807) is 0 Å². The van der Waals surface area contributed by atoms with Crippen molar-refractivity contribution in [2.24, 2.45) is 0 Å². The number of nitrogens with one attached hydrogen (secondary N) is 1. The number of rotatable bonds is 2. The number of hydrogen-bond donors (Lipinski definition) is 3. The van der Waals surface area contributed by atoms with Crippen LogP contribution in [0, 0.1) is 0 Å². The molecule has 2 atom stereocenters. The Hall–Kier alpha value is -2.11. The second kappa shape index (κ2) is 5.35. The Kier molecular flexibility index (Phi) is 3.53. The van der Waals surface area contributed by atoms with Crippen LogP contribution in [0.1, 0.15) is 27.5 Å². The van der Waals surface area contributed by atoms with Gasteiger partial charge in [-0.1, -0.05) is 35.9 Å². The first-order chi connectivity index (χ1) is 10.1. The molecule has 21 heavy (non-hydrogen) atoms. The van der Waals surface area contributed by atoms with Crippen LogP contribution in [0.15, 0.2) is 36.5 Å². The summed E-state index contributed by atoms with van der Waals surface area (Å²) in [5, 5.41) is 13.0. The number of aromatic nitrogens is 1. The summed E-state index contributed by atoms with van der Waals surface area (Å²) in [5.74, 6) is -0.402. The van der Waals surface area contributed by atoms with Crippen molar-refractivity contribution in [1.29, 1.82) is 0 Å². The van der Waals surface area contributed by atoms with Gasteiger partial charge in [-0.2, -0.15) is 0 Å². The molecule has 2 aromatic rings. The van der Waals surface area contributed by atoms with Crippen molar-refractivity contribution in [2.75, 3.05) is 5.73 Å². The number of carbonyl (C=O) groups is 1. The molecule has 0 saturated carbocycles. The average molecular weight is 304 g/mol. The standard InChI is InChI=1S/C15H14ClN3O2/c16-14-11(6-9(17)7-18-14)15(21)19-13-10-4-2-1-3-8(10)5-12(13)20/h1-4,6-7,12-13,20H,5,17H2,(H,19,21)/t12-,13+/m0/s1. The first-order valence-corrected chi connectivity index (χ1v) is 6.92. The smallest absolute Gasteiger partial charge is 0.255 e. The van der Waals surface area contributed by atoms with Crippen molar-refractivity contribution >= 4 is 23.2 Å². The van der Waals surface area contributed by atoms with E-state index in [1.165, 1.54) is 12.3 Å². The molecule has 1 aromatic heterocycles. The Balaban J connectivity index is 1.87. The van der Waals surface area contributed by atoms with Crippen LogP contribution in [0.3, 0.4) is 0 Å². The summed E-state index contributed by atoms with van der Waals surface area (Å²) < 4.78 is 0. The molecular formula is C15H14ClN3O2. The fourth-order valence-electron chi connectivity index (χ4n) is 2.59. The number of nitrogen functional groups attached to an aromatic ring is 1. The van der Waals surface area contributed by atoms with Crippen molar-refractivity contribution in [3.8, 4) is 0 Å². The van der Waals surface area contributed by atoms with Gasteiger partial charge < -0.3 is 16.2 Å². The lowest BCUT2D eigenvalue weighted by atomic mass is 10.1. The van der Waals surface area contributed by atoms with Crippen LogP contribution in [-0.2, 0) is 6.42 Å². The number of halogens is 1. The molecule has 4 N–H and O–H groups in total. The van der Waals surface area contributed by atoms with Gasteiger partial charge in [0.1, 0.15) is 5.15 Å². The molecule has 0 radical (unpaired) electrons. The fourth-order valence-corrected chi connectivity index (χ4v) is 2.78. The van der Waals surface area contributed by atoms with Crippen molar-refractivity contribution in [3.05, 3.63) is 58.4 Å². The molecule has 0 aliphatic heterocycles. The van der Waals surface area contributed by atoms with E-state index in [0.29, 0.717) is 12.1 Å². The van der Waals surface area contributed by atoms with Gasteiger partial charge in [-0.15, -0.1) is 0 Å². The lowest BCUT2D eigenvalue weighted by Crippen LogP contribution is -2.34. The van der Waals surface area contributed by atoms with E-state index < -0.39 is 18.1 Å². The van der Waals surface area contributed by atoms with Crippen LogP contribution in [0.5, 0.6) is 0 Å². The molecule has 3 rings (SSSR count). The van der Waals surface area contributed by atoms with Crippen molar-refractivity contribution < 1.29 is 9.90 Å². The molecule has 1 aliphatic rings. The second-order valence-corrected chi connectivity index (χ2v) is 5.39. The zero-order chi connectivity index (χ0) is 15.0. The maximum absolute atomic E-state index is 12.3. The van der Waals surface area contributed by atoms with Crippen LogP contribution >= 0.6 is 11.6 Å². The molecule has 1 heterocycles. The Labute approximate surface area is 126 Å². The van der Waals surface area contributed by atoms with E-state index in [0.717, 1.165) is 11.1 Å². The second-order valence-electron chi connectivity index (χ2n) is 5.03. The van der Waals surface area contributed by atoms with Gasteiger partial charge in [0.15, 0.2) is 0 Å². The Bertz CT molecular complexity index is 705. The molecular weight excluding hydrogens is 290 g/mol. The highest BCUT2D eigenvalue weighted by Gasteiger charge is 2.32. The number of aliphatic hydroxyl groups excluding tert-OH is 1. The Morgan fingerprint density at radius 3 is 3.00 bits per heavy atom. The third kappa shape index (κ3) is 2.57. The summed E-state index contributed by atoms with van der Waals surface area (Å²) in [5.41, 5.74) is 8.14. The van der Waals surface area contributed by atoms with Gasteiger partial charge >= 0.3 is 0 Å². The zero-order valence-corrected chi connectivity index (χ0v) is 11.8. The highest BCUT2D eigenvalue weighted by atomic mass is 35.5. The van der Waals surface area contributed by atoms with Crippen LogP contribution in [-0.4, -0.2) is 22.1 Å². The number of amides is 1. The number of nitrogens with zero attached hydrogens (tertiary/aromatic N) is 1. The molecule has 108 valence electrons. The van der Waals surface area contributed by atoms with E-state index in [9.17, 15) is 9.90 Å². The fraction of sp³-hybridized carbons (Fsp3) is 0.200. The molecule has 1 amide bonds. The van der Waals surface area contributed by atoms with Crippen LogP contribution < -0.4 is 11.1 Å². The lowest BCUT2D eigenvalue weighted by Gasteiger charge is -2.18. The maximum atomic E-state index is 12.3. The molecule has 0 spiro atoms. The normalized spacial score (nSPS) is 20.1. The number of carbonyl (C=O) groups excluding carboxylic acids is 1. The minimum Gasteiger partial charge on any atom is -0.397 e. The SMILES string of the molecule is Nc1cnc(Cl)c(C(=O)N[C@@H]2c3ccccc3C[C@@H]2O)c1. The number of nitrogens with two attached hydrogens (primary N) is 1. The van der Waals surface area contributed by atoms with Gasteiger partial charge in [0.25, 0.3) is 5.91 Å². The van der Waals surface area contributed by atoms with Crippen LogP contribution in [0.4, 0.5) is 5.69 Å². The Morgan fingerprint density at radius 2 is 2.19 bits per heavy atom. The molecule has 1 aromatic carbocycles. The van der Waals surface area contributed by atoms with Gasteiger partial charge in [-0.3, -0.25) is 4.79 Å². The summed E-state index contributed by atoms with van der Waals surface area (Å²) >= 11 is 5.92. The number of aliphatic hydroxyl groups is 1. The van der Waals surface area contributed by atoms with Crippen molar-refractivity contribution in [3.63, 3.8) is 0 Å². The van der Waals surface area contributed by atoms with Gasteiger partial charge in [0, 0.05) is 6.42 Å². The molecule has 5 nitrogen and oxygen atoms in total. The summed E-state index contributed by atoms with van der Waals surface area (Å²) in [6.45, 7) is 0. The third-order valence-corrected chi connectivity index (χ3v) is 3.90. The first kappa shape index (κ1) is 13.9. The Morgan fingerprint density at radius 1 is 1.43 bits per heavy atom. The first-order valence-electron chi connectivity index (χ1n) is 6.54. The largest absolute Gasteiger partial charge is 0.397 e. The minimum absolute atomic E-state index is 0.0856. The van der Waals surface area contributed by atoms with Gasteiger partial charge in [0.05, 0.1) is 29.6 Å². The van der Waals surface area contributed by atoms with Gasteiger partial charge in [0.2, 0.25) is 0 Å². The monoisotopic (exact) mass is 303 g/mol. The highest BCUT2D eigenvalue weighted by Crippen LogP contribution is 2.31. The van der Waals surface area contributed by atoms with Crippen molar-refractivity contribution in [2.45, 2.75) is 18.6 Å². The molecule has 0 saturated heterocycles. The average Bonchev–Trinajstić information content (AvgIpc) is 2.78. The number of benzene rings is 1. The summed E-state index contributed by atoms with van der Waals surface area (Å²) in [7, 11) is 0. The molecule has 6 heteroatoms. The summed E-state index contributed by atoms with van der Waals surface area (Å²) in [4.78, 5) is 16.2. The van der Waals surface area contributed by atoms with Crippen LogP contribution in [0.25, 0.3) is 0 Å². The minimum atomic E-state index is -0.654. The topological polar surface area (TPSA) is 88.2 Å². The summed E-state index contributed by atoms with van der Waals surface area (Å²) in [6, 6.07) is 8.65. The third-order valence-electron chi connectivity index (χ3n) is 3.60. The van der Waals surface area contributed by atoms with E-state index in [4.69, 9.17) is 17.3 Å². The maximum Gasteiger partial charge on any atom is 0.255 e. The highest BCUT2D eigenvalue weighted by molar-refractivity contribution is 6.32.